The molecule has 0 unspecified atom stereocenters. The minimum absolute atomic E-state index is 0.582. The van der Waals surface area contributed by atoms with Gasteiger partial charge in [0.2, 0.25) is 0 Å². The number of aromatic nitrogens is 2. The lowest BCUT2D eigenvalue weighted by Gasteiger charge is -2.36. The Morgan fingerprint density at radius 3 is 2.48 bits per heavy atom. The van der Waals surface area contributed by atoms with E-state index in [2.05, 4.69) is 21.0 Å². The molecular weight excluding hydrogens is 286 g/mol. The molecule has 0 saturated carbocycles. The fourth-order valence-electron chi connectivity index (χ4n) is 2.67. The average molecular weight is 306 g/mol. The summed E-state index contributed by atoms with van der Waals surface area (Å²) in [6.45, 7) is 5.97. The van der Waals surface area contributed by atoms with Crippen molar-refractivity contribution in [2.75, 3.05) is 43.4 Å². The number of piperazine rings is 1. The van der Waals surface area contributed by atoms with Gasteiger partial charge in [0, 0.05) is 38.9 Å². The second kappa shape index (κ2) is 6.37. The molecule has 0 amide bonds. The smallest absolute Gasteiger partial charge is 0.145 e. The maximum Gasteiger partial charge on any atom is 0.145 e. The number of nitrogen functional groups attached to an aromatic ring is 1. The van der Waals surface area contributed by atoms with Crippen molar-refractivity contribution in [2.45, 2.75) is 6.54 Å². The van der Waals surface area contributed by atoms with E-state index < -0.39 is 0 Å². The summed E-state index contributed by atoms with van der Waals surface area (Å²) < 4.78 is 1.90. The first-order valence-electron chi connectivity index (χ1n) is 7.23. The maximum atomic E-state index is 6.26. The van der Waals surface area contributed by atoms with E-state index >= 15 is 0 Å². The van der Waals surface area contributed by atoms with Crippen LogP contribution in [0, 0.1) is 0 Å². The molecule has 3 rings (SSSR count). The van der Waals surface area contributed by atoms with Gasteiger partial charge in [-0.1, -0.05) is 23.7 Å². The number of benzene rings is 1. The van der Waals surface area contributed by atoms with Crippen LogP contribution in [0.1, 0.15) is 0 Å². The Labute approximate surface area is 129 Å². The van der Waals surface area contributed by atoms with Crippen molar-refractivity contribution in [3.8, 4) is 0 Å². The van der Waals surface area contributed by atoms with Crippen molar-refractivity contribution >= 4 is 23.1 Å². The van der Waals surface area contributed by atoms with Crippen LogP contribution in [0.15, 0.2) is 36.5 Å². The van der Waals surface area contributed by atoms with E-state index in [1.54, 1.807) is 0 Å². The molecular formula is C15H20ClN5. The lowest BCUT2D eigenvalue weighted by atomic mass is 10.2. The van der Waals surface area contributed by atoms with Gasteiger partial charge in [-0.05, 0) is 18.2 Å². The molecule has 2 N–H and O–H groups in total. The van der Waals surface area contributed by atoms with Gasteiger partial charge in [-0.3, -0.25) is 9.58 Å². The van der Waals surface area contributed by atoms with Crippen LogP contribution >= 0.6 is 11.6 Å². The Balaban J connectivity index is 1.50. The van der Waals surface area contributed by atoms with Crippen LogP contribution in [0.5, 0.6) is 0 Å². The molecule has 1 fully saturated rings. The van der Waals surface area contributed by atoms with Gasteiger partial charge in [-0.2, -0.15) is 5.10 Å². The van der Waals surface area contributed by atoms with E-state index in [0.29, 0.717) is 5.82 Å². The summed E-state index contributed by atoms with van der Waals surface area (Å²) in [7, 11) is 0. The summed E-state index contributed by atoms with van der Waals surface area (Å²) in [6.07, 6.45) is 1.93. The molecule has 1 aromatic carbocycles. The zero-order valence-corrected chi connectivity index (χ0v) is 12.7. The number of hydrogen-bond donors (Lipinski definition) is 1. The Morgan fingerprint density at radius 1 is 1.05 bits per heavy atom. The molecule has 1 saturated heterocycles. The number of para-hydroxylation sites is 1. The number of nitrogens with zero attached hydrogens (tertiary/aromatic N) is 4. The van der Waals surface area contributed by atoms with E-state index in [1.165, 1.54) is 0 Å². The maximum absolute atomic E-state index is 6.26. The monoisotopic (exact) mass is 305 g/mol. The van der Waals surface area contributed by atoms with Gasteiger partial charge in [0.05, 0.1) is 17.3 Å². The van der Waals surface area contributed by atoms with Gasteiger partial charge in [-0.15, -0.1) is 0 Å². The fraction of sp³-hybridized carbons (Fsp3) is 0.400. The molecule has 0 spiro atoms. The predicted octanol–water partition coefficient (Wildman–Crippen LogP) is 1.94. The minimum atomic E-state index is 0.582. The summed E-state index contributed by atoms with van der Waals surface area (Å²) in [6, 6.07) is 9.87. The SMILES string of the molecule is Nc1ccn(CCN2CCN(c3ccccc3Cl)CC2)n1. The number of hydrogen-bond acceptors (Lipinski definition) is 4. The number of rotatable bonds is 4. The molecule has 2 heterocycles. The highest BCUT2D eigenvalue weighted by Gasteiger charge is 2.18. The van der Waals surface area contributed by atoms with E-state index in [4.69, 9.17) is 17.3 Å². The Bertz CT molecular complexity index is 589. The second-order valence-electron chi connectivity index (χ2n) is 5.28. The molecule has 112 valence electrons. The topological polar surface area (TPSA) is 50.3 Å². The van der Waals surface area contributed by atoms with Crippen molar-refractivity contribution in [1.29, 1.82) is 0 Å². The third-order valence-corrected chi connectivity index (χ3v) is 4.19. The number of anilines is 2. The van der Waals surface area contributed by atoms with Gasteiger partial charge >= 0.3 is 0 Å². The third kappa shape index (κ3) is 3.49. The predicted molar refractivity (Wildman–Crippen MR) is 86.7 cm³/mol. The summed E-state index contributed by atoms with van der Waals surface area (Å²) >= 11 is 6.26. The van der Waals surface area contributed by atoms with Crippen LogP contribution in [0.3, 0.4) is 0 Å². The molecule has 5 nitrogen and oxygen atoms in total. The number of nitrogens with two attached hydrogens (primary N) is 1. The molecule has 21 heavy (non-hydrogen) atoms. The zero-order valence-electron chi connectivity index (χ0n) is 12.0. The molecule has 0 aliphatic carbocycles. The third-order valence-electron chi connectivity index (χ3n) is 3.87. The lowest BCUT2D eigenvalue weighted by molar-refractivity contribution is 0.244. The molecule has 0 bridgehead atoms. The molecule has 1 aliphatic rings. The molecule has 6 heteroatoms. The summed E-state index contributed by atoms with van der Waals surface area (Å²) in [4.78, 5) is 4.80. The molecule has 2 aromatic rings. The van der Waals surface area contributed by atoms with Crippen molar-refractivity contribution in [3.63, 3.8) is 0 Å². The Morgan fingerprint density at radius 2 is 1.81 bits per heavy atom. The molecule has 0 radical (unpaired) electrons. The van der Waals surface area contributed by atoms with E-state index in [1.807, 2.05) is 35.1 Å². The van der Waals surface area contributed by atoms with Crippen molar-refractivity contribution in [3.05, 3.63) is 41.6 Å². The zero-order chi connectivity index (χ0) is 14.7. The number of halogens is 1. The van der Waals surface area contributed by atoms with Gasteiger partial charge in [0.1, 0.15) is 5.82 Å². The quantitative estimate of drug-likeness (QED) is 0.938. The van der Waals surface area contributed by atoms with E-state index in [9.17, 15) is 0 Å². The first-order valence-corrected chi connectivity index (χ1v) is 7.61. The van der Waals surface area contributed by atoms with Crippen LogP contribution in [-0.4, -0.2) is 47.4 Å². The molecule has 0 atom stereocenters. The largest absolute Gasteiger partial charge is 0.382 e. The van der Waals surface area contributed by atoms with Crippen LogP contribution in [0.4, 0.5) is 11.5 Å². The second-order valence-corrected chi connectivity index (χ2v) is 5.69. The highest BCUT2D eigenvalue weighted by Crippen LogP contribution is 2.25. The van der Waals surface area contributed by atoms with E-state index in [0.717, 1.165) is 50.0 Å². The Kier molecular flexibility index (Phi) is 4.31. The van der Waals surface area contributed by atoms with Crippen LogP contribution < -0.4 is 10.6 Å². The normalized spacial score (nSPS) is 16.3. The van der Waals surface area contributed by atoms with Crippen molar-refractivity contribution < 1.29 is 0 Å². The first-order chi connectivity index (χ1) is 10.2. The van der Waals surface area contributed by atoms with Crippen LogP contribution in [0.25, 0.3) is 0 Å². The minimum Gasteiger partial charge on any atom is -0.382 e. The van der Waals surface area contributed by atoms with E-state index in [-0.39, 0.29) is 0 Å². The fourth-order valence-corrected chi connectivity index (χ4v) is 2.92. The lowest BCUT2D eigenvalue weighted by Crippen LogP contribution is -2.47. The van der Waals surface area contributed by atoms with Gasteiger partial charge in [0.25, 0.3) is 0 Å². The molecule has 1 aromatic heterocycles. The van der Waals surface area contributed by atoms with Gasteiger partial charge < -0.3 is 10.6 Å². The standard InChI is InChI=1S/C15H20ClN5/c16-13-3-1-2-4-14(13)20-10-7-19(8-11-20)9-12-21-6-5-15(17)18-21/h1-6H,7-12H2,(H2,17,18). The Hall–Kier alpha value is -1.72. The van der Waals surface area contributed by atoms with Gasteiger partial charge in [0.15, 0.2) is 0 Å². The highest BCUT2D eigenvalue weighted by atomic mass is 35.5. The summed E-state index contributed by atoms with van der Waals surface area (Å²) in [5.41, 5.74) is 6.76. The summed E-state index contributed by atoms with van der Waals surface area (Å²) in [5.74, 6) is 0.582. The first kappa shape index (κ1) is 14.2. The summed E-state index contributed by atoms with van der Waals surface area (Å²) in [5, 5.41) is 5.04. The van der Waals surface area contributed by atoms with Crippen LogP contribution in [-0.2, 0) is 6.54 Å². The van der Waals surface area contributed by atoms with Crippen LogP contribution in [0.2, 0.25) is 5.02 Å². The molecule has 1 aliphatic heterocycles. The highest BCUT2D eigenvalue weighted by molar-refractivity contribution is 6.33. The average Bonchev–Trinajstić information content (AvgIpc) is 2.92. The van der Waals surface area contributed by atoms with Crippen molar-refractivity contribution in [2.24, 2.45) is 0 Å². The van der Waals surface area contributed by atoms with Crippen molar-refractivity contribution in [1.82, 2.24) is 14.7 Å². The van der Waals surface area contributed by atoms with Gasteiger partial charge in [-0.25, -0.2) is 0 Å².